The molecule has 2 aliphatic rings. The topological polar surface area (TPSA) is 98.9 Å². The molecule has 5 rings (SSSR count). The Morgan fingerprint density at radius 2 is 1.91 bits per heavy atom. The van der Waals surface area contributed by atoms with Gasteiger partial charge in [0.2, 0.25) is 0 Å². The molecule has 0 radical (unpaired) electrons. The van der Waals surface area contributed by atoms with Crippen LogP contribution >= 0.6 is 0 Å². The quantitative estimate of drug-likeness (QED) is 0.648. The van der Waals surface area contributed by atoms with Crippen LogP contribution in [0.5, 0.6) is 0 Å². The second kappa shape index (κ2) is 8.29. The number of anilines is 1. The van der Waals surface area contributed by atoms with Crippen LogP contribution in [0.4, 0.5) is 10.2 Å². The molecule has 5 atom stereocenters. The van der Waals surface area contributed by atoms with Gasteiger partial charge in [0.25, 0.3) is 5.91 Å². The molecule has 1 aromatic carbocycles. The predicted octanol–water partition coefficient (Wildman–Crippen LogP) is 4.16. The van der Waals surface area contributed by atoms with Crippen molar-refractivity contribution in [2.75, 3.05) is 5.32 Å². The van der Waals surface area contributed by atoms with Gasteiger partial charge in [-0.3, -0.25) is 9.78 Å². The van der Waals surface area contributed by atoms with Crippen molar-refractivity contribution < 1.29 is 14.3 Å². The van der Waals surface area contributed by atoms with E-state index in [4.69, 9.17) is 5.26 Å². The summed E-state index contributed by atoms with van der Waals surface area (Å²) in [5.41, 5.74) is 2.36. The van der Waals surface area contributed by atoms with Crippen LogP contribution in [0.3, 0.4) is 0 Å². The molecule has 2 fully saturated rings. The summed E-state index contributed by atoms with van der Waals surface area (Å²) in [5.74, 6) is 0.746. The van der Waals surface area contributed by atoms with E-state index in [1.807, 2.05) is 12.1 Å². The van der Waals surface area contributed by atoms with Crippen molar-refractivity contribution in [3.8, 4) is 6.07 Å². The number of fused-ring (bicyclic) bond motifs is 2. The fourth-order valence-corrected chi connectivity index (χ4v) is 5.62. The highest BCUT2D eigenvalue weighted by molar-refractivity contribution is 5.93. The molecule has 2 saturated carbocycles. The van der Waals surface area contributed by atoms with Crippen LogP contribution in [0, 0.1) is 34.9 Å². The number of halogens is 1. The van der Waals surface area contributed by atoms with Crippen molar-refractivity contribution in [2.24, 2.45) is 17.8 Å². The first-order chi connectivity index (χ1) is 15.5. The highest BCUT2D eigenvalue weighted by atomic mass is 19.1. The van der Waals surface area contributed by atoms with Crippen molar-refractivity contribution in [3.63, 3.8) is 0 Å². The number of carbonyl (C=O) groups is 1. The lowest BCUT2D eigenvalue weighted by atomic mass is 9.89. The molecule has 2 heterocycles. The molecule has 0 aliphatic heterocycles. The normalized spacial score (nSPS) is 25.3. The fraction of sp³-hybridized carbons (Fsp3) is 0.360. The van der Waals surface area contributed by atoms with Gasteiger partial charge in [0.05, 0.1) is 11.1 Å². The Balaban J connectivity index is 1.23. The van der Waals surface area contributed by atoms with Gasteiger partial charge in [-0.15, -0.1) is 0 Å². The molecule has 2 N–H and O–H groups in total. The van der Waals surface area contributed by atoms with E-state index in [2.05, 4.69) is 15.3 Å². The standard InChI is InChI=1S/C25H23FN4O2/c26-19-2-3-22-21(11-19)20(5-6-28-22)17-7-15-9-18(10-16(15)8-17)24(31)25(32)30-23-4-1-14(12-27)13-29-23/h1-6,11,13,15-18,24,31H,7-10H2,(H,29,30,32)/t15-,16?,17?,18+,24?/m0/s1. The maximum absolute atomic E-state index is 13.8. The van der Waals surface area contributed by atoms with Gasteiger partial charge in [-0.2, -0.15) is 5.26 Å². The molecule has 3 unspecified atom stereocenters. The largest absolute Gasteiger partial charge is 0.383 e. The zero-order valence-electron chi connectivity index (χ0n) is 17.4. The molecule has 7 heteroatoms. The Bertz CT molecular complexity index is 1190. The number of nitrogens with zero attached hydrogens (tertiary/aromatic N) is 3. The second-order valence-electron chi connectivity index (χ2n) is 8.96. The van der Waals surface area contributed by atoms with Crippen molar-refractivity contribution in [2.45, 2.75) is 37.7 Å². The van der Waals surface area contributed by atoms with E-state index in [-0.39, 0.29) is 11.7 Å². The van der Waals surface area contributed by atoms with Crippen molar-refractivity contribution in [3.05, 3.63) is 65.7 Å². The van der Waals surface area contributed by atoms with Crippen LogP contribution in [0.2, 0.25) is 0 Å². The molecule has 0 bridgehead atoms. The molecular formula is C25H23FN4O2. The smallest absolute Gasteiger partial charge is 0.254 e. The van der Waals surface area contributed by atoms with Gasteiger partial charge in [-0.25, -0.2) is 9.37 Å². The summed E-state index contributed by atoms with van der Waals surface area (Å²) < 4.78 is 13.8. The minimum Gasteiger partial charge on any atom is -0.383 e. The Morgan fingerprint density at radius 1 is 1.12 bits per heavy atom. The maximum Gasteiger partial charge on any atom is 0.254 e. The number of hydrogen-bond acceptors (Lipinski definition) is 5. The Labute approximate surface area is 185 Å². The van der Waals surface area contributed by atoms with Crippen LogP contribution in [-0.2, 0) is 4.79 Å². The summed E-state index contributed by atoms with van der Waals surface area (Å²) in [7, 11) is 0. The minimum absolute atomic E-state index is 0.0871. The van der Waals surface area contributed by atoms with E-state index in [0.29, 0.717) is 29.1 Å². The van der Waals surface area contributed by atoms with Crippen LogP contribution in [0.15, 0.2) is 48.8 Å². The molecular weight excluding hydrogens is 407 g/mol. The highest BCUT2D eigenvalue weighted by Gasteiger charge is 2.45. The van der Waals surface area contributed by atoms with Gasteiger partial charge >= 0.3 is 0 Å². The number of benzene rings is 1. The number of nitriles is 1. The summed E-state index contributed by atoms with van der Waals surface area (Å²) in [6.07, 6.45) is 5.63. The van der Waals surface area contributed by atoms with Gasteiger partial charge in [0.15, 0.2) is 0 Å². The van der Waals surface area contributed by atoms with Crippen LogP contribution in [-0.4, -0.2) is 27.1 Å². The van der Waals surface area contributed by atoms with Crippen molar-refractivity contribution in [1.82, 2.24) is 9.97 Å². The minimum atomic E-state index is -1.09. The van der Waals surface area contributed by atoms with Crippen LogP contribution in [0.1, 0.15) is 42.7 Å². The zero-order valence-corrected chi connectivity index (χ0v) is 17.4. The van der Waals surface area contributed by atoms with Gasteiger partial charge in [-0.05, 0) is 91.3 Å². The lowest BCUT2D eigenvalue weighted by Gasteiger charge is -2.20. The molecule has 2 aliphatic carbocycles. The third-order valence-electron chi connectivity index (χ3n) is 7.09. The number of amides is 1. The number of aromatic nitrogens is 2. The molecule has 0 spiro atoms. The lowest BCUT2D eigenvalue weighted by Crippen LogP contribution is -2.34. The molecule has 32 heavy (non-hydrogen) atoms. The average molecular weight is 430 g/mol. The number of nitrogens with one attached hydrogen (secondary N) is 1. The summed E-state index contributed by atoms with van der Waals surface area (Å²) in [4.78, 5) is 20.9. The molecule has 0 saturated heterocycles. The summed E-state index contributed by atoms with van der Waals surface area (Å²) in [5, 5.41) is 23.0. The first-order valence-electron chi connectivity index (χ1n) is 10.9. The van der Waals surface area contributed by atoms with E-state index in [1.54, 1.807) is 30.5 Å². The third kappa shape index (κ3) is 3.82. The molecule has 6 nitrogen and oxygen atoms in total. The number of aliphatic hydroxyl groups is 1. The second-order valence-corrected chi connectivity index (χ2v) is 8.96. The lowest BCUT2D eigenvalue weighted by molar-refractivity contribution is -0.126. The van der Waals surface area contributed by atoms with Gasteiger partial charge in [0, 0.05) is 17.8 Å². The summed E-state index contributed by atoms with van der Waals surface area (Å²) in [6.45, 7) is 0. The first-order valence-corrected chi connectivity index (χ1v) is 10.9. The zero-order chi connectivity index (χ0) is 22.2. The Hall–Kier alpha value is -3.37. The number of carbonyl (C=O) groups excluding carboxylic acids is 1. The van der Waals surface area contributed by atoms with Gasteiger partial charge < -0.3 is 10.4 Å². The average Bonchev–Trinajstić information content (AvgIpc) is 3.38. The van der Waals surface area contributed by atoms with E-state index < -0.39 is 12.0 Å². The Kier molecular flexibility index (Phi) is 5.32. The molecule has 162 valence electrons. The van der Waals surface area contributed by atoms with Crippen molar-refractivity contribution in [1.29, 1.82) is 5.26 Å². The third-order valence-corrected chi connectivity index (χ3v) is 7.09. The van der Waals surface area contributed by atoms with E-state index >= 15 is 0 Å². The Morgan fingerprint density at radius 3 is 2.59 bits per heavy atom. The van der Waals surface area contributed by atoms with Crippen LogP contribution < -0.4 is 5.32 Å². The van der Waals surface area contributed by atoms with E-state index in [0.717, 1.165) is 42.1 Å². The van der Waals surface area contributed by atoms with Crippen molar-refractivity contribution >= 4 is 22.6 Å². The number of hydrogen-bond donors (Lipinski definition) is 2. The maximum atomic E-state index is 13.8. The predicted molar refractivity (Wildman–Crippen MR) is 117 cm³/mol. The van der Waals surface area contributed by atoms with Gasteiger partial charge in [-0.1, -0.05) is 0 Å². The first kappa shape index (κ1) is 20.5. The number of rotatable bonds is 4. The van der Waals surface area contributed by atoms with E-state index in [1.165, 1.54) is 12.3 Å². The molecule has 1 amide bonds. The van der Waals surface area contributed by atoms with Crippen LogP contribution in [0.25, 0.3) is 10.9 Å². The van der Waals surface area contributed by atoms with E-state index in [9.17, 15) is 14.3 Å². The van der Waals surface area contributed by atoms with Gasteiger partial charge in [0.1, 0.15) is 23.8 Å². The SMILES string of the molecule is N#Cc1ccc(NC(=O)C(O)[C@H]2CC3CC(c4ccnc5ccc(F)cc45)C[C@H]3C2)nc1. The fourth-order valence-electron chi connectivity index (χ4n) is 5.62. The highest BCUT2D eigenvalue weighted by Crippen LogP contribution is 2.53. The molecule has 2 aromatic heterocycles. The summed E-state index contributed by atoms with van der Waals surface area (Å²) in [6, 6.07) is 11.8. The number of aliphatic hydroxyl groups excluding tert-OH is 1. The number of pyridine rings is 2. The summed E-state index contributed by atoms with van der Waals surface area (Å²) >= 11 is 0. The monoisotopic (exact) mass is 430 g/mol. The molecule has 3 aromatic rings.